The molecule has 0 atom stereocenters. The molecule has 1 aliphatic carbocycles. The quantitative estimate of drug-likeness (QED) is 0.841. The third kappa shape index (κ3) is 3.75. The first-order chi connectivity index (χ1) is 10.7. The molecule has 1 aliphatic heterocycles. The normalized spacial score (nSPS) is 20.2. The molecule has 0 unspecified atom stereocenters. The summed E-state index contributed by atoms with van der Waals surface area (Å²) in [5.74, 6) is 0.980. The Morgan fingerprint density at radius 2 is 1.73 bits per heavy atom. The maximum absolute atomic E-state index is 12.5. The number of nitrogens with zero attached hydrogens (tertiary/aromatic N) is 2. The topological polar surface area (TPSA) is 23.6 Å². The van der Waals surface area contributed by atoms with Crippen molar-refractivity contribution in [3.63, 3.8) is 0 Å². The van der Waals surface area contributed by atoms with Gasteiger partial charge in [-0.3, -0.25) is 4.79 Å². The Hall–Kier alpha value is -1.22. The maximum Gasteiger partial charge on any atom is 0.222 e. The van der Waals surface area contributed by atoms with E-state index in [1.54, 1.807) is 0 Å². The highest BCUT2D eigenvalue weighted by Gasteiger charge is 2.25. The summed E-state index contributed by atoms with van der Waals surface area (Å²) in [5.41, 5.74) is 1.09. The number of piperazine rings is 1. The molecule has 1 saturated heterocycles. The second kappa shape index (κ2) is 7.36. The van der Waals surface area contributed by atoms with Crippen molar-refractivity contribution < 1.29 is 4.79 Å². The smallest absolute Gasteiger partial charge is 0.222 e. The minimum absolute atomic E-state index is 0.353. The number of para-hydroxylation sites is 1. The Morgan fingerprint density at radius 1 is 1.05 bits per heavy atom. The molecule has 0 bridgehead atoms. The van der Waals surface area contributed by atoms with Crippen molar-refractivity contribution in [3.8, 4) is 0 Å². The van der Waals surface area contributed by atoms with Crippen LogP contribution in [0, 0.1) is 5.92 Å². The molecular weight excluding hydrogens is 296 g/mol. The number of rotatable bonds is 3. The van der Waals surface area contributed by atoms with Gasteiger partial charge < -0.3 is 9.80 Å². The van der Waals surface area contributed by atoms with Crippen LogP contribution in [0.15, 0.2) is 24.3 Å². The Morgan fingerprint density at radius 3 is 2.41 bits per heavy atom. The van der Waals surface area contributed by atoms with Crippen LogP contribution in [0.5, 0.6) is 0 Å². The first kappa shape index (κ1) is 15.7. The molecule has 1 saturated carbocycles. The van der Waals surface area contributed by atoms with Gasteiger partial charge >= 0.3 is 0 Å². The largest absolute Gasteiger partial charge is 0.367 e. The minimum atomic E-state index is 0.353. The number of amides is 1. The van der Waals surface area contributed by atoms with Crippen molar-refractivity contribution >= 4 is 23.2 Å². The van der Waals surface area contributed by atoms with Crippen LogP contribution in [0.4, 0.5) is 5.69 Å². The Kier molecular flexibility index (Phi) is 5.24. The van der Waals surface area contributed by atoms with Gasteiger partial charge in [-0.15, -0.1) is 0 Å². The van der Waals surface area contributed by atoms with Gasteiger partial charge in [0.15, 0.2) is 0 Å². The molecule has 1 heterocycles. The Labute approximate surface area is 138 Å². The van der Waals surface area contributed by atoms with Crippen molar-refractivity contribution in [2.75, 3.05) is 31.1 Å². The highest BCUT2D eigenvalue weighted by Crippen LogP contribution is 2.28. The summed E-state index contributed by atoms with van der Waals surface area (Å²) < 4.78 is 0. The molecule has 4 heteroatoms. The molecule has 1 aromatic carbocycles. The van der Waals surface area contributed by atoms with E-state index < -0.39 is 0 Å². The number of benzene rings is 1. The molecule has 22 heavy (non-hydrogen) atoms. The summed E-state index contributed by atoms with van der Waals surface area (Å²) in [6.45, 7) is 3.38. The van der Waals surface area contributed by atoms with Crippen molar-refractivity contribution in [1.29, 1.82) is 0 Å². The van der Waals surface area contributed by atoms with Crippen LogP contribution in [0.1, 0.15) is 38.5 Å². The SMILES string of the molecule is O=C(CC1CCCCC1)N1CCN(c2ccccc2Cl)CC1. The molecule has 2 aliphatic rings. The fraction of sp³-hybridized carbons (Fsp3) is 0.611. The first-order valence-corrected chi connectivity index (χ1v) is 8.89. The lowest BCUT2D eigenvalue weighted by molar-refractivity contribution is -0.132. The molecule has 3 rings (SSSR count). The van der Waals surface area contributed by atoms with Crippen molar-refractivity contribution in [1.82, 2.24) is 4.90 Å². The molecule has 0 spiro atoms. The number of halogens is 1. The van der Waals surface area contributed by atoms with E-state index in [1.165, 1.54) is 32.1 Å². The number of anilines is 1. The van der Waals surface area contributed by atoms with Crippen LogP contribution in [0.2, 0.25) is 5.02 Å². The van der Waals surface area contributed by atoms with E-state index in [4.69, 9.17) is 11.6 Å². The van der Waals surface area contributed by atoms with Crippen molar-refractivity contribution in [3.05, 3.63) is 29.3 Å². The van der Waals surface area contributed by atoms with Crippen molar-refractivity contribution in [2.24, 2.45) is 5.92 Å². The van der Waals surface area contributed by atoms with Crippen LogP contribution in [-0.2, 0) is 4.79 Å². The van der Waals surface area contributed by atoms with Gasteiger partial charge in [-0.2, -0.15) is 0 Å². The summed E-state index contributed by atoms with van der Waals surface area (Å²) in [6, 6.07) is 7.96. The highest BCUT2D eigenvalue weighted by molar-refractivity contribution is 6.33. The van der Waals surface area contributed by atoms with Gasteiger partial charge in [0.25, 0.3) is 0 Å². The molecular formula is C18H25ClN2O. The van der Waals surface area contributed by atoms with Gasteiger partial charge in [-0.25, -0.2) is 0 Å². The summed E-state index contributed by atoms with van der Waals surface area (Å²) in [4.78, 5) is 16.8. The van der Waals surface area contributed by atoms with Crippen LogP contribution < -0.4 is 4.90 Å². The van der Waals surface area contributed by atoms with Gasteiger partial charge in [0.2, 0.25) is 5.91 Å². The standard InChI is InChI=1S/C18H25ClN2O/c19-16-8-4-5-9-17(16)20-10-12-21(13-11-20)18(22)14-15-6-2-1-3-7-15/h4-5,8-9,15H,1-3,6-7,10-14H2. The molecule has 0 aromatic heterocycles. The lowest BCUT2D eigenvalue weighted by Gasteiger charge is -2.37. The minimum Gasteiger partial charge on any atom is -0.367 e. The first-order valence-electron chi connectivity index (χ1n) is 8.51. The van der Waals surface area contributed by atoms with E-state index >= 15 is 0 Å². The zero-order valence-electron chi connectivity index (χ0n) is 13.1. The number of hydrogen-bond donors (Lipinski definition) is 0. The average molecular weight is 321 g/mol. The van der Waals surface area contributed by atoms with Gasteiger partial charge in [0.05, 0.1) is 10.7 Å². The molecule has 2 fully saturated rings. The summed E-state index contributed by atoms with van der Waals surface area (Å²) in [7, 11) is 0. The third-order valence-corrected chi connectivity index (χ3v) is 5.33. The molecule has 0 radical (unpaired) electrons. The molecule has 3 nitrogen and oxygen atoms in total. The summed E-state index contributed by atoms with van der Waals surface area (Å²) in [5, 5.41) is 0.796. The van der Waals surface area contributed by atoms with E-state index in [9.17, 15) is 4.79 Å². The highest BCUT2D eigenvalue weighted by atomic mass is 35.5. The predicted molar refractivity (Wildman–Crippen MR) is 91.4 cm³/mol. The van der Waals surface area contributed by atoms with Gasteiger partial charge in [-0.05, 0) is 30.9 Å². The van der Waals surface area contributed by atoms with Crippen molar-refractivity contribution in [2.45, 2.75) is 38.5 Å². The van der Waals surface area contributed by atoms with Crippen LogP contribution >= 0.6 is 11.6 Å². The second-order valence-corrected chi connectivity index (χ2v) is 6.93. The third-order valence-electron chi connectivity index (χ3n) is 5.01. The number of carbonyl (C=O) groups is 1. The van der Waals surface area contributed by atoms with Gasteiger partial charge in [0, 0.05) is 32.6 Å². The summed E-state index contributed by atoms with van der Waals surface area (Å²) in [6.07, 6.45) is 7.19. The second-order valence-electron chi connectivity index (χ2n) is 6.53. The number of carbonyl (C=O) groups excluding carboxylic acids is 1. The fourth-order valence-corrected chi connectivity index (χ4v) is 3.93. The van der Waals surface area contributed by atoms with Crippen LogP contribution in [-0.4, -0.2) is 37.0 Å². The van der Waals surface area contributed by atoms with E-state index in [2.05, 4.69) is 11.0 Å². The van der Waals surface area contributed by atoms with Crippen LogP contribution in [0.3, 0.4) is 0 Å². The maximum atomic E-state index is 12.5. The Balaban J connectivity index is 1.51. The van der Waals surface area contributed by atoms with E-state index in [0.717, 1.165) is 43.3 Å². The molecule has 0 N–H and O–H groups in total. The zero-order valence-corrected chi connectivity index (χ0v) is 13.9. The lowest BCUT2D eigenvalue weighted by atomic mass is 9.86. The van der Waals surface area contributed by atoms with Gasteiger partial charge in [-0.1, -0.05) is 43.0 Å². The molecule has 1 amide bonds. The molecule has 120 valence electrons. The lowest BCUT2D eigenvalue weighted by Crippen LogP contribution is -2.49. The predicted octanol–water partition coefficient (Wildman–Crippen LogP) is 3.96. The summed E-state index contributed by atoms with van der Waals surface area (Å²) >= 11 is 6.26. The van der Waals surface area contributed by atoms with E-state index in [0.29, 0.717) is 11.8 Å². The zero-order chi connectivity index (χ0) is 15.4. The number of hydrogen-bond acceptors (Lipinski definition) is 2. The van der Waals surface area contributed by atoms with Crippen LogP contribution in [0.25, 0.3) is 0 Å². The Bertz CT molecular complexity index is 506. The monoisotopic (exact) mass is 320 g/mol. The van der Waals surface area contributed by atoms with E-state index in [1.807, 2.05) is 23.1 Å². The van der Waals surface area contributed by atoms with Gasteiger partial charge in [0.1, 0.15) is 0 Å². The molecule has 1 aromatic rings. The average Bonchev–Trinajstić information content (AvgIpc) is 2.56. The van der Waals surface area contributed by atoms with E-state index in [-0.39, 0.29) is 0 Å². The fourth-order valence-electron chi connectivity index (χ4n) is 3.67.